The van der Waals surface area contributed by atoms with Crippen molar-refractivity contribution >= 4 is 32.3 Å². The first-order chi connectivity index (χ1) is 13.5. The normalized spacial score (nSPS) is 13.8. The topological polar surface area (TPSA) is 0 Å². The molecule has 0 aliphatic heterocycles. The molecule has 0 saturated carbocycles. The second-order valence-corrected chi connectivity index (χ2v) is 9.02. The van der Waals surface area contributed by atoms with Gasteiger partial charge in [-0.2, -0.15) is 0 Å². The summed E-state index contributed by atoms with van der Waals surface area (Å²) < 4.78 is 0. The third-order valence-corrected chi connectivity index (χ3v) is 7.67. The molecular formula is C28H34. The first-order valence-corrected chi connectivity index (χ1v) is 11.2. The van der Waals surface area contributed by atoms with Gasteiger partial charge in [-0.05, 0) is 74.5 Å². The minimum Gasteiger partial charge on any atom is -0.0649 e. The Bertz CT molecular complexity index is 1070. The third-order valence-electron chi connectivity index (χ3n) is 7.67. The molecule has 4 aromatic rings. The molecule has 4 rings (SSSR count). The van der Waals surface area contributed by atoms with Crippen molar-refractivity contribution in [2.24, 2.45) is 5.41 Å². The van der Waals surface area contributed by atoms with Gasteiger partial charge in [0.15, 0.2) is 0 Å². The van der Waals surface area contributed by atoms with Crippen molar-refractivity contribution in [3.05, 3.63) is 59.7 Å². The zero-order valence-electron chi connectivity index (χ0n) is 18.2. The van der Waals surface area contributed by atoms with E-state index in [1.807, 2.05) is 0 Å². The minimum atomic E-state index is 0.523. The Morgan fingerprint density at radius 2 is 1.32 bits per heavy atom. The van der Waals surface area contributed by atoms with Gasteiger partial charge in [-0.25, -0.2) is 0 Å². The van der Waals surface area contributed by atoms with Crippen LogP contribution in [0.2, 0.25) is 0 Å². The molecule has 0 amide bonds. The van der Waals surface area contributed by atoms with E-state index in [0.29, 0.717) is 11.3 Å². The number of benzene rings is 4. The van der Waals surface area contributed by atoms with Gasteiger partial charge in [-0.1, -0.05) is 95.5 Å². The average Bonchev–Trinajstić information content (AvgIpc) is 2.72. The molecule has 0 heterocycles. The fourth-order valence-corrected chi connectivity index (χ4v) is 5.39. The van der Waals surface area contributed by atoms with E-state index in [0.717, 1.165) is 0 Å². The lowest BCUT2D eigenvalue weighted by molar-refractivity contribution is 0.218. The van der Waals surface area contributed by atoms with Crippen LogP contribution >= 0.6 is 0 Å². The van der Waals surface area contributed by atoms with Crippen LogP contribution in [0.5, 0.6) is 0 Å². The molecule has 0 saturated heterocycles. The van der Waals surface area contributed by atoms with Gasteiger partial charge in [0.25, 0.3) is 0 Å². The van der Waals surface area contributed by atoms with Crippen molar-refractivity contribution in [1.82, 2.24) is 0 Å². The van der Waals surface area contributed by atoms with Crippen LogP contribution in [0.1, 0.15) is 76.8 Å². The molecule has 0 heteroatoms. The average molecular weight is 371 g/mol. The molecule has 4 aromatic carbocycles. The van der Waals surface area contributed by atoms with Gasteiger partial charge < -0.3 is 0 Å². The van der Waals surface area contributed by atoms with E-state index < -0.39 is 0 Å². The lowest BCUT2D eigenvalue weighted by atomic mass is 9.74. The van der Waals surface area contributed by atoms with Gasteiger partial charge in [0.1, 0.15) is 0 Å². The molecule has 0 spiro atoms. The molecule has 0 nitrogen and oxygen atoms in total. The third kappa shape index (κ3) is 3.08. The van der Waals surface area contributed by atoms with Crippen molar-refractivity contribution in [1.29, 1.82) is 0 Å². The van der Waals surface area contributed by atoms with Crippen LogP contribution in [0.15, 0.2) is 48.5 Å². The Morgan fingerprint density at radius 3 is 1.96 bits per heavy atom. The smallest absolute Gasteiger partial charge is 0.00239 e. The lowest BCUT2D eigenvalue weighted by Gasteiger charge is -2.32. The number of hydrogen-bond acceptors (Lipinski definition) is 0. The van der Waals surface area contributed by atoms with E-state index in [2.05, 4.69) is 83.1 Å². The van der Waals surface area contributed by atoms with Crippen molar-refractivity contribution in [2.75, 3.05) is 0 Å². The van der Waals surface area contributed by atoms with Crippen LogP contribution < -0.4 is 0 Å². The molecule has 146 valence electrons. The molecule has 0 aliphatic rings. The van der Waals surface area contributed by atoms with Gasteiger partial charge in [0, 0.05) is 0 Å². The molecule has 0 aliphatic carbocycles. The largest absolute Gasteiger partial charge is 0.0649 e. The van der Waals surface area contributed by atoms with E-state index in [1.54, 1.807) is 0 Å². The van der Waals surface area contributed by atoms with Crippen LogP contribution in [0, 0.1) is 12.3 Å². The molecule has 0 aromatic heterocycles. The molecular weight excluding hydrogens is 336 g/mol. The highest BCUT2D eigenvalue weighted by Gasteiger charge is 2.25. The monoisotopic (exact) mass is 370 g/mol. The second-order valence-electron chi connectivity index (χ2n) is 9.02. The van der Waals surface area contributed by atoms with Crippen molar-refractivity contribution in [3.8, 4) is 0 Å². The first kappa shape index (κ1) is 19.2. The molecule has 28 heavy (non-hydrogen) atoms. The summed E-state index contributed by atoms with van der Waals surface area (Å²) in [4.78, 5) is 0. The molecule has 1 atom stereocenters. The highest BCUT2D eigenvalue weighted by atomic mass is 14.3. The van der Waals surface area contributed by atoms with Crippen molar-refractivity contribution in [3.63, 3.8) is 0 Å². The molecule has 1 unspecified atom stereocenters. The fourth-order valence-electron chi connectivity index (χ4n) is 5.39. The van der Waals surface area contributed by atoms with E-state index in [-0.39, 0.29) is 0 Å². The summed E-state index contributed by atoms with van der Waals surface area (Å²) in [7, 11) is 0. The van der Waals surface area contributed by atoms with Crippen LogP contribution in [0.25, 0.3) is 32.3 Å². The summed E-state index contributed by atoms with van der Waals surface area (Å²) in [6.45, 7) is 11.7. The van der Waals surface area contributed by atoms with E-state index in [1.165, 1.54) is 75.5 Å². The Kier molecular flexibility index (Phi) is 5.08. The fraction of sp³-hybridized carbons (Fsp3) is 0.429. The van der Waals surface area contributed by atoms with Gasteiger partial charge >= 0.3 is 0 Å². The van der Waals surface area contributed by atoms with Crippen molar-refractivity contribution < 1.29 is 0 Å². The summed E-state index contributed by atoms with van der Waals surface area (Å²) in [5, 5.41) is 8.49. The van der Waals surface area contributed by atoms with Gasteiger partial charge in [-0.15, -0.1) is 0 Å². The molecule has 0 fully saturated rings. The second kappa shape index (κ2) is 7.39. The predicted octanol–water partition coefficient (Wildman–Crippen LogP) is 8.99. The number of hydrogen-bond donors (Lipinski definition) is 0. The van der Waals surface area contributed by atoms with Crippen LogP contribution in [0.4, 0.5) is 0 Å². The summed E-state index contributed by atoms with van der Waals surface area (Å²) in [6.07, 6.45) is 6.50. The molecule has 0 bridgehead atoms. The van der Waals surface area contributed by atoms with Crippen LogP contribution in [-0.2, 0) is 0 Å². The highest BCUT2D eigenvalue weighted by Crippen LogP contribution is 2.42. The predicted molar refractivity (Wildman–Crippen MR) is 126 cm³/mol. The zero-order chi connectivity index (χ0) is 19.9. The van der Waals surface area contributed by atoms with Gasteiger partial charge in [-0.3, -0.25) is 0 Å². The Hall–Kier alpha value is -2.08. The zero-order valence-corrected chi connectivity index (χ0v) is 18.2. The van der Waals surface area contributed by atoms with Gasteiger partial charge in [0.05, 0.1) is 0 Å². The van der Waals surface area contributed by atoms with E-state index in [4.69, 9.17) is 0 Å². The summed E-state index contributed by atoms with van der Waals surface area (Å²) in [6, 6.07) is 18.7. The summed E-state index contributed by atoms with van der Waals surface area (Å²) in [5.74, 6) is 0.593. The summed E-state index contributed by atoms with van der Waals surface area (Å²) in [5.41, 5.74) is 3.39. The van der Waals surface area contributed by atoms with E-state index >= 15 is 0 Å². The van der Waals surface area contributed by atoms with E-state index in [9.17, 15) is 0 Å². The van der Waals surface area contributed by atoms with Crippen molar-refractivity contribution in [2.45, 2.75) is 72.6 Å². The van der Waals surface area contributed by atoms with Crippen LogP contribution in [0.3, 0.4) is 0 Å². The Balaban J connectivity index is 1.80. The SMILES string of the molecule is CCC(CC)(CC)CCC(C)c1ccc2ccc3cc(C)cc4ccc1c2c34. The number of rotatable bonds is 7. The number of aryl methyl sites for hydroxylation is 1. The summed E-state index contributed by atoms with van der Waals surface area (Å²) >= 11 is 0. The maximum Gasteiger partial charge on any atom is -0.00239 e. The highest BCUT2D eigenvalue weighted by molar-refractivity contribution is 6.23. The maximum atomic E-state index is 2.43. The standard InChI is InChI=1S/C28H34/c1-6-28(7-2,8-3)16-15-20(5)24-13-11-21-9-10-22-17-19(4)18-23-12-14-25(24)27(21)26(22)23/h9-14,17-18,20H,6-8,15-16H2,1-5H3. The maximum absolute atomic E-state index is 2.43. The Labute approximate surface area is 170 Å². The van der Waals surface area contributed by atoms with Gasteiger partial charge in [0.2, 0.25) is 0 Å². The first-order valence-electron chi connectivity index (χ1n) is 11.2. The quantitative estimate of drug-likeness (QED) is 0.285. The molecule has 0 N–H and O–H groups in total. The Morgan fingerprint density at radius 1 is 0.750 bits per heavy atom. The minimum absolute atomic E-state index is 0.523. The lowest BCUT2D eigenvalue weighted by Crippen LogP contribution is -2.18. The molecule has 0 radical (unpaired) electrons. The van der Waals surface area contributed by atoms with Crippen LogP contribution in [-0.4, -0.2) is 0 Å².